The molecule has 4 nitrogen and oxygen atoms in total. The zero-order valence-electron chi connectivity index (χ0n) is 9.89. The maximum absolute atomic E-state index is 8.57. The molecule has 0 saturated carbocycles. The van der Waals surface area contributed by atoms with Crippen LogP contribution in [-0.2, 0) is 0 Å². The van der Waals surface area contributed by atoms with Gasteiger partial charge in [-0.25, -0.2) is 0 Å². The summed E-state index contributed by atoms with van der Waals surface area (Å²) in [7, 11) is 0. The van der Waals surface area contributed by atoms with Crippen LogP contribution >= 0.6 is 0 Å². The maximum Gasteiger partial charge on any atom is 0.144 e. The largest absolute Gasteiger partial charge is 0.409 e. The lowest BCUT2D eigenvalue weighted by Crippen LogP contribution is -2.40. The zero-order valence-corrected chi connectivity index (χ0v) is 9.89. The average molecular weight is 201 g/mol. The Hall–Kier alpha value is -0.770. The van der Waals surface area contributed by atoms with Crippen LogP contribution in [0, 0.1) is 5.41 Å². The van der Waals surface area contributed by atoms with Crippen LogP contribution in [0.15, 0.2) is 5.16 Å². The van der Waals surface area contributed by atoms with Crippen molar-refractivity contribution in [1.82, 2.24) is 5.32 Å². The zero-order chi connectivity index (χ0) is 11.4. The molecule has 0 atom stereocenters. The maximum atomic E-state index is 8.57. The monoisotopic (exact) mass is 201 g/mol. The summed E-state index contributed by atoms with van der Waals surface area (Å²) in [5.41, 5.74) is 5.43. The first kappa shape index (κ1) is 13.2. The highest BCUT2D eigenvalue weighted by Gasteiger charge is 2.23. The van der Waals surface area contributed by atoms with E-state index in [4.69, 9.17) is 10.9 Å². The Bertz CT molecular complexity index is 204. The molecule has 4 heteroatoms. The Morgan fingerprint density at radius 3 is 2.14 bits per heavy atom. The van der Waals surface area contributed by atoms with Gasteiger partial charge in [-0.05, 0) is 33.7 Å². The number of nitrogens with one attached hydrogen (secondary N) is 1. The third-order valence-electron chi connectivity index (χ3n) is 2.21. The Balaban J connectivity index is 4.01. The van der Waals surface area contributed by atoms with Crippen LogP contribution in [0.25, 0.3) is 0 Å². The molecule has 0 fully saturated rings. The van der Waals surface area contributed by atoms with Crippen LogP contribution in [0.3, 0.4) is 0 Å². The summed E-state index contributed by atoms with van der Waals surface area (Å²) < 4.78 is 0. The highest BCUT2D eigenvalue weighted by molar-refractivity contribution is 5.85. The number of hydrogen-bond acceptors (Lipinski definition) is 3. The molecule has 0 heterocycles. The summed E-state index contributed by atoms with van der Waals surface area (Å²) in [5, 5.41) is 15.0. The molecule has 4 N–H and O–H groups in total. The fourth-order valence-corrected chi connectivity index (χ4v) is 1.01. The van der Waals surface area contributed by atoms with E-state index in [0.717, 1.165) is 13.0 Å². The van der Waals surface area contributed by atoms with Crippen molar-refractivity contribution in [3.8, 4) is 0 Å². The molecule has 0 aliphatic carbocycles. The molecule has 0 saturated heterocycles. The molecular weight excluding hydrogens is 178 g/mol. The van der Waals surface area contributed by atoms with Gasteiger partial charge in [-0.15, -0.1) is 0 Å². The highest BCUT2D eigenvalue weighted by atomic mass is 16.4. The second-order valence-corrected chi connectivity index (χ2v) is 5.30. The predicted molar refractivity (Wildman–Crippen MR) is 59.6 cm³/mol. The fraction of sp³-hybridized carbons (Fsp3) is 0.900. The summed E-state index contributed by atoms with van der Waals surface area (Å²) in [4.78, 5) is 0. The lowest BCUT2D eigenvalue weighted by Gasteiger charge is -2.26. The van der Waals surface area contributed by atoms with E-state index < -0.39 is 0 Å². The van der Waals surface area contributed by atoms with Crippen molar-refractivity contribution in [2.45, 2.75) is 46.6 Å². The van der Waals surface area contributed by atoms with Gasteiger partial charge in [0.05, 0.1) is 0 Å². The molecule has 0 aromatic heterocycles. The second-order valence-electron chi connectivity index (χ2n) is 5.30. The first-order valence-corrected chi connectivity index (χ1v) is 4.92. The van der Waals surface area contributed by atoms with Gasteiger partial charge in [0.15, 0.2) is 0 Å². The van der Waals surface area contributed by atoms with E-state index in [0.29, 0.717) is 0 Å². The molecule has 0 amide bonds. The minimum atomic E-state index is -0.257. The quantitative estimate of drug-likeness (QED) is 0.279. The number of hydrogen-bond donors (Lipinski definition) is 3. The molecule has 0 bridgehead atoms. The third kappa shape index (κ3) is 5.07. The lowest BCUT2D eigenvalue weighted by molar-refractivity contribution is 0.302. The Kier molecular flexibility index (Phi) is 4.39. The molecular formula is C10H23N3O. The Labute approximate surface area is 86.6 Å². The van der Waals surface area contributed by atoms with E-state index >= 15 is 0 Å². The molecule has 0 rings (SSSR count). The molecule has 0 aliphatic rings. The summed E-state index contributed by atoms with van der Waals surface area (Å²) in [5.74, 6) is 0.285. The van der Waals surface area contributed by atoms with Crippen molar-refractivity contribution < 1.29 is 5.21 Å². The first-order valence-electron chi connectivity index (χ1n) is 4.92. The van der Waals surface area contributed by atoms with Gasteiger partial charge in [-0.2, -0.15) is 0 Å². The van der Waals surface area contributed by atoms with Gasteiger partial charge >= 0.3 is 0 Å². The van der Waals surface area contributed by atoms with Gasteiger partial charge in [-0.1, -0.05) is 19.0 Å². The second kappa shape index (κ2) is 4.64. The number of nitrogens with two attached hydrogens (primary N) is 1. The summed E-state index contributed by atoms with van der Waals surface area (Å²) in [6.07, 6.45) is 0.847. The van der Waals surface area contributed by atoms with E-state index in [9.17, 15) is 0 Å². The lowest BCUT2D eigenvalue weighted by atomic mass is 9.88. The van der Waals surface area contributed by atoms with E-state index in [1.54, 1.807) is 0 Å². The van der Waals surface area contributed by atoms with Gasteiger partial charge in [0, 0.05) is 11.0 Å². The van der Waals surface area contributed by atoms with E-state index in [1.165, 1.54) is 0 Å². The first-order chi connectivity index (χ1) is 6.19. The number of amidine groups is 1. The predicted octanol–water partition coefficient (Wildman–Crippen LogP) is 1.54. The standard InChI is InChI=1S/C10H23N3O/c1-9(2,3)12-7-6-10(4,5)8(11)13-14/h12,14H,6-7H2,1-5H3,(H2,11,13). The normalized spacial score (nSPS) is 14.5. The summed E-state index contributed by atoms with van der Waals surface area (Å²) >= 11 is 0. The van der Waals surface area contributed by atoms with E-state index in [2.05, 4.69) is 31.2 Å². The Morgan fingerprint density at radius 1 is 1.29 bits per heavy atom. The van der Waals surface area contributed by atoms with E-state index in [-0.39, 0.29) is 16.8 Å². The van der Waals surface area contributed by atoms with Gasteiger partial charge in [0.25, 0.3) is 0 Å². The van der Waals surface area contributed by atoms with Crippen LogP contribution in [0.1, 0.15) is 41.0 Å². The van der Waals surface area contributed by atoms with Crippen LogP contribution in [0.4, 0.5) is 0 Å². The molecule has 0 radical (unpaired) electrons. The Morgan fingerprint density at radius 2 is 1.79 bits per heavy atom. The minimum absolute atomic E-state index is 0.112. The number of oxime groups is 1. The average Bonchev–Trinajstić information content (AvgIpc) is 2.00. The summed E-state index contributed by atoms with van der Waals surface area (Å²) in [6.45, 7) is 11.1. The number of rotatable bonds is 4. The van der Waals surface area contributed by atoms with Crippen molar-refractivity contribution in [3.63, 3.8) is 0 Å². The fourth-order valence-electron chi connectivity index (χ4n) is 1.01. The van der Waals surface area contributed by atoms with Crippen molar-refractivity contribution in [2.24, 2.45) is 16.3 Å². The molecule has 0 aromatic carbocycles. The van der Waals surface area contributed by atoms with Crippen molar-refractivity contribution >= 4 is 5.84 Å². The van der Waals surface area contributed by atoms with Crippen molar-refractivity contribution in [3.05, 3.63) is 0 Å². The minimum Gasteiger partial charge on any atom is -0.409 e. The topological polar surface area (TPSA) is 70.6 Å². The van der Waals surface area contributed by atoms with E-state index in [1.807, 2.05) is 13.8 Å². The molecule has 84 valence electrons. The third-order valence-corrected chi connectivity index (χ3v) is 2.21. The molecule has 0 aromatic rings. The van der Waals surface area contributed by atoms with Crippen molar-refractivity contribution in [1.29, 1.82) is 0 Å². The van der Waals surface area contributed by atoms with Gasteiger partial charge in [0.2, 0.25) is 0 Å². The van der Waals surface area contributed by atoms with Crippen molar-refractivity contribution in [2.75, 3.05) is 6.54 Å². The van der Waals surface area contributed by atoms with Gasteiger partial charge in [0.1, 0.15) is 5.84 Å². The van der Waals surface area contributed by atoms with Crippen LogP contribution < -0.4 is 11.1 Å². The van der Waals surface area contributed by atoms with Gasteiger partial charge < -0.3 is 16.3 Å². The summed E-state index contributed by atoms with van der Waals surface area (Å²) in [6, 6.07) is 0. The highest BCUT2D eigenvalue weighted by Crippen LogP contribution is 2.19. The smallest absolute Gasteiger partial charge is 0.144 e. The number of nitrogens with zero attached hydrogens (tertiary/aromatic N) is 1. The molecule has 0 spiro atoms. The van der Waals surface area contributed by atoms with Crippen LogP contribution in [0.5, 0.6) is 0 Å². The van der Waals surface area contributed by atoms with Crippen LogP contribution in [0.2, 0.25) is 0 Å². The van der Waals surface area contributed by atoms with Crippen LogP contribution in [-0.4, -0.2) is 23.1 Å². The molecule has 0 unspecified atom stereocenters. The molecule has 14 heavy (non-hydrogen) atoms. The van der Waals surface area contributed by atoms with Gasteiger partial charge in [-0.3, -0.25) is 0 Å². The molecule has 0 aliphatic heterocycles. The SMILES string of the molecule is CC(C)(C)NCCC(C)(C)C(N)=NO.